The minimum atomic E-state index is -0.134. The van der Waals surface area contributed by atoms with Gasteiger partial charge in [0, 0.05) is 6.54 Å². The van der Waals surface area contributed by atoms with Gasteiger partial charge in [-0.05, 0) is 24.8 Å². The predicted octanol–water partition coefficient (Wildman–Crippen LogP) is 2.95. The maximum atomic E-state index is 11.8. The topological polar surface area (TPSA) is 29.5 Å². The number of amides is 1. The SMILES string of the molecule is O=C1O[C@H]2CCCC[C@H]2N1Cc1ccccc1. The predicted molar refractivity (Wildman–Crippen MR) is 64.5 cm³/mol. The summed E-state index contributed by atoms with van der Waals surface area (Å²) >= 11 is 0. The highest BCUT2D eigenvalue weighted by Crippen LogP contribution is 2.32. The molecule has 2 atom stereocenters. The average molecular weight is 231 g/mol. The Morgan fingerprint density at radius 2 is 1.94 bits per heavy atom. The molecule has 0 unspecified atom stereocenters. The van der Waals surface area contributed by atoms with Crippen molar-refractivity contribution in [3.63, 3.8) is 0 Å². The van der Waals surface area contributed by atoms with Crippen LogP contribution in [-0.4, -0.2) is 23.1 Å². The van der Waals surface area contributed by atoms with Crippen molar-refractivity contribution in [3.05, 3.63) is 35.9 Å². The second kappa shape index (κ2) is 4.40. The number of nitrogens with zero attached hydrogens (tertiary/aromatic N) is 1. The van der Waals surface area contributed by atoms with Crippen LogP contribution in [0.3, 0.4) is 0 Å². The van der Waals surface area contributed by atoms with Crippen LogP contribution >= 0.6 is 0 Å². The molecule has 0 bridgehead atoms. The summed E-state index contributed by atoms with van der Waals surface area (Å²) in [5.74, 6) is 0. The minimum absolute atomic E-state index is 0.134. The Balaban J connectivity index is 1.76. The first kappa shape index (κ1) is 10.6. The average Bonchev–Trinajstić information content (AvgIpc) is 2.68. The first-order valence-electron chi connectivity index (χ1n) is 6.36. The van der Waals surface area contributed by atoms with Crippen LogP contribution in [0.2, 0.25) is 0 Å². The van der Waals surface area contributed by atoms with Gasteiger partial charge >= 0.3 is 6.09 Å². The molecule has 1 heterocycles. The lowest BCUT2D eigenvalue weighted by Crippen LogP contribution is -2.37. The molecule has 3 rings (SSSR count). The largest absolute Gasteiger partial charge is 0.444 e. The van der Waals surface area contributed by atoms with Crippen LogP contribution in [0, 0.1) is 0 Å². The number of hydrogen-bond donors (Lipinski definition) is 0. The molecule has 17 heavy (non-hydrogen) atoms. The molecule has 1 aliphatic heterocycles. The number of fused-ring (bicyclic) bond motifs is 1. The van der Waals surface area contributed by atoms with Gasteiger partial charge in [-0.2, -0.15) is 0 Å². The Bertz CT molecular complexity index is 404. The zero-order valence-electron chi connectivity index (χ0n) is 9.84. The molecule has 2 fully saturated rings. The van der Waals surface area contributed by atoms with Crippen LogP contribution < -0.4 is 0 Å². The van der Waals surface area contributed by atoms with E-state index in [0.717, 1.165) is 12.8 Å². The fraction of sp³-hybridized carbons (Fsp3) is 0.500. The smallest absolute Gasteiger partial charge is 0.410 e. The van der Waals surface area contributed by atoms with Crippen LogP contribution in [0.15, 0.2) is 30.3 Å². The van der Waals surface area contributed by atoms with Gasteiger partial charge in [0.25, 0.3) is 0 Å². The number of hydrogen-bond acceptors (Lipinski definition) is 2. The lowest BCUT2D eigenvalue weighted by molar-refractivity contribution is 0.113. The second-order valence-electron chi connectivity index (χ2n) is 4.89. The van der Waals surface area contributed by atoms with E-state index in [0.29, 0.717) is 12.6 Å². The molecule has 1 aliphatic carbocycles. The molecule has 1 aromatic rings. The molecular formula is C14H17NO2. The maximum absolute atomic E-state index is 11.8. The summed E-state index contributed by atoms with van der Waals surface area (Å²) < 4.78 is 5.44. The number of carbonyl (C=O) groups excluding carboxylic acids is 1. The van der Waals surface area contributed by atoms with E-state index < -0.39 is 0 Å². The molecule has 0 spiro atoms. The Hall–Kier alpha value is -1.51. The monoisotopic (exact) mass is 231 g/mol. The van der Waals surface area contributed by atoms with Crippen molar-refractivity contribution in [2.24, 2.45) is 0 Å². The fourth-order valence-corrected chi connectivity index (χ4v) is 2.87. The molecule has 1 amide bonds. The normalized spacial score (nSPS) is 27.8. The van der Waals surface area contributed by atoms with E-state index in [9.17, 15) is 4.79 Å². The number of rotatable bonds is 2. The van der Waals surface area contributed by atoms with E-state index in [1.54, 1.807) is 0 Å². The molecule has 0 aromatic heterocycles. The van der Waals surface area contributed by atoms with Gasteiger partial charge in [0.05, 0.1) is 6.04 Å². The molecule has 3 heteroatoms. The third-order valence-electron chi connectivity index (χ3n) is 3.75. The Labute approximate surface area is 101 Å². The summed E-state index contributed by atoms with van der Waals surface area (Å²) in [6.07, 6.45) is 4.52. The Morgan fingerprint density at radius 3 is 2.76 bits per heavy atom. The van der Waals surface area contributed by atoms with Gasteiger partial charge < -0.3 is 4.74 Å². The quantitative estimate of drug-likeness (QED) is 0.783. The third kappa shape index (κ3) is 2.02. The van der Waals surface area contributed by atoms with Gasteiger partial charge in [-0.15, -0.1) is 0 Å². The molecule has 1 aromatic carbocycles. The van der Waals surface area contributed by atoms with E-state index >= 15 is 0 Å². The van der Waals surface area contributed by atoms with Crippen LogP contribution in [0.5, 0.6) is 0 Å². The second-order valence-corrected chi connectivity index (χ2v) is 4.89. The maximum Gasteiger partial charge on any atom is 0.410 e. The summed E-state index contributed by atoms with van der Waals surface area (Å²) in [5, 5.41) is 0. The summed E-state index contributed by atoms with van der Waals surface area (Å²) in [4.78, 5) is 13.8. The standard InChI is InChI=1S/C14H17NO2/c16-14-15(10-11-6-2-1-3-7-11)12-8-4-5-9-13(12)17-14/h1-3,6-7,12-13H,4-5,8-10H2/t12-,13+/m1/s1. The summed E-state index contributed by atoms with van der Waals surface area (Å²) in [7, 11) is 0. The van der Waals surface area contributed by atoms with Gasteiger partial charge in [0.2, 0.25) is 0 Å². The van der Waals surface area contributed by atoms with E-state index in [2.05, 4.69) is 12.1 Å². The molecule has 1 saturated carbocycles. The van der Waals surface area contributed by atoms with E-state index in [1.807, 2.05) is 23.1 Å². The summed E-state index contributed by atoms with van der Waals surface area (Å²) in [5.41, 5.74) is 1.18. The van der Waals surface area contributed by atoms with Crippen LogP contribution in [-0.2, 0) is 11.3 Å². The zero-order valence-corrected chi connectivity index (χ0v) is 9.84. The van der Waals surface area contributed by atoms with Crippen LogP contribution in [0.4, 0.5) is 4.79 Å². The highest BCUT2D eigenvalue weighted by molar-refractivity contribution is 5.70. The van der Waals surface area contributed by atoms with Crippen molar-refractivity contribution in [3.8, 4) is 0 Å². The van der Waals surface area contributed by atoms with Gasteiger partial charge in [-0.25, -0.2) is 4.79 Å². The van der Waals surface area contributed by atoms with Crippen molar-refractivity contribution >= 4 is 6.09 Å². The molecule has 1 saturated heterocycles. The van der Waals surface area contributed by atoms with E-state index in [1.165, 1.54) is 18.4 Å². The third-order valence-corrected chi connectivity index (χ3v) is 3.75. The molecule has 90 valence electrons. The number of benzene rings is 1. The van der Waals surface area contributed by atoms with Gasteiger partial charge in [0.1, 0.15) is 6.10 Å². The molecular weight excluding hydrogens is 214 g/mol. The van der Waals surface area contributed by atoms with Crippen molar-refractivity contribution < 1.29 is 9.53 Å². The van der Waals surface area contributed by atoms with Gasteiger partial charge in [-0.1, -0.05) is 36.8 Å². The molecule has 0 radical (unpaired) electrons. The number of ether oxygens (including phenoxy) is 1. The van der Waals surface area contributed by atoms with E-state index in [4.69, 9.17) is 4.74 Å². The van der Waals surface area contributed by atoms with Crippen molar-refractivity contribution in [1.82, 2.24) is 4.90 Å². The molecule has 3 nitrogen and oxygen atoms in total. The fourth-order valence-electron chi connectivity index (χ4n) is 2.87. The first-order chi connectivity index (χ1) is 8.34. The van der Waals surface area contributed by atoms with Gasteiger partial charge in [-0.3, -0.25) is 4.90 Å². The van der Waals surface area contributed by atoms with E-state index in [-0.39, 0.29) is 12.2 Å². The first-order valence-corrected chi connectivity index (χ1v) is 6.36. The highest BCUT2D eigenvalue weighted by atomic mass is 16.6. The van der Waals surface area contributed by atoms with Crippen molar-refractivity contribution in [1.29, 1.82) is 0 Å². The lowest BCUT2D eigenvalue weighted by atomic mass is 9.92. The van der Waals surface area contributed by atoms with Crippen LogP contribution in [0.25, 0.3) is 0 Å². The lowest BCUT2D eigenvalue weighted by Gasteiger charge is -2.28. The number of carbonyl (C=O) groups is 1. The Kier molecular flexibility index (Phi) is 2.75. The summed E-state index contributed by atoms with van der Waals surface area (Å²) in [6, 6.07) is 10.4. The molecule has 2 aliphatic rings. The molecule has 0 N–H and O–H groups in total. The van der Waals surface area contributed by atoms with Gasteiger partial charge in [0.15, 0.2) is 0 Å². The summed E-state index contributed by atoms with van der Waals surface area (Å²) in [6.45, 7) is 0.681. The highest BCUT2D eigenvalue weighted by Gasteiger charge is 2.42. The minimum Gasteiger partial charge on any atom is -0.444 e. The zero-order chi connectivity index (χ0) is 11.7. The van der Waals surface area contributed by atoms with Crippen molar-refractivity contribution in [2.75, 3.05) is 0 Å². The van der Waals surface area contributed by atoms with Crippen LogP contribution in [0.1, 0.15) is 31.2 Å². The van der Waals surface area contributed by atoms with Crippen molar-refractivity contribution in [2.45, 2.75) is 44.4 Å². The Morgan fingerprint density at radius 1 is 1.18 bits per heavy atom.